The van der Waals surface area contributed by atoms with Crippen molar-refractivity contribution >= 4 is 11.2 Å². The Morgan fingerprint density at radius 3 is 2.41 bits per heavy atom. The van der Waals surface area contributed by atoms with Gasteiger partial charge in [0.1, 0.15) is 5.82 Å². The lowest BCUT2D eigenvalue weighted by Crippen LogP contribution is -2.31. The largest absolute Gasteiger partial charge is 0.334 e. The Labute approximate surface area is 165 Å². The number of nitrogens with one attached hydrogen (secondary N) is 1. The van der Waals surface area contributed by atoms with Gasteiger partial charge < -0.3 is 0 Å². The first-order chi connectivity index (χ1) is 13.9. The van der Waals surface area contributed by atoms with Crippen LogP contribution in [0.15, 0.2) is 58.1 Å². The van der Waals surface area contributed by atoms with Crippen molar-refractivity contribution in [2.24, 2.45) is 0 Å². The molecular weight excluding hydrogens is 371 g/mol. The summed E-state index contributed by atoms with van der Waals surface area (Å²) in [5, 5.41) is 0. The van der Waals surface area contributed by atoms with E-state index in [9.17, 15) is 14.0 Å². The molecule has 1 N–H and O–H groups in total. The maximum absolute atomic E-state index is 14.4. The third-order valence-electron chi connectivity index (χ3n) is 4.83. The van der Waals surface area contributed by atoms with Crippen LogP contribution in [0, 0.1) is 12.7 Å². The molecule has 0 radical (unpaired) electrons. The number of benzene rings is 2. The van der Waals surface area contributed by atoms with E-state index in [0.29, 0.717) is 11.4 Å². The van der Waals surface area contributed by atoms with Crippen LogP contribution in [-0.2, 0) is 0 Å². The lowest BCUT2D eigenvalue weighted by molar-refractivity contribution is 0.630. The zero-order valence-corrected chi connectivity index (χ0v) is 16.2. The highest BCUT2D eigenvalue weighted by Gasteiger charge is 2.19. The highest BCUT2D eigenvalue weighted by atomic mass is 19.1. The summed E-state index contributed by atoms with van der Waals surface area (Å²) in [4.78, 5) is 36.4. The molecule has 146 valence electrons. The Hall–Kier alpha value is -3.61. The minimum Gasteiger partial charge on any atom is -0.272 e. The number of nitrogens with zero attached hydrogens (tertiary/aromatic N) is 3. The SMILES string of the molecule is Cc1nc2c(=O)[nH]c(=O)n(-c3ccccc3C(C)C)c2nc1-c1ccccc1F. The fourth-order valence-electron chi connectivity index (χ4n) is 3.44. The second-order valence-electron chi connectivity index (χ2n) is 7.12. The van der Waals surface area contributed by atoms with E-state index in [0.717, 1.165) is 5.56 Å². The van der Waals surface area contributed by atoms with Gasteiger partial charge in [-0.25, -0.2) is 23.7 Å². The molecule has 6 nitrogen and oxygen atoms in total. The Morgan fingerprint density at radius 2 is 1.69 bits per heavy atom. The van der Waals surface area contributed by atoms with Crippen molar-refractivity contribution in [3.05, 3.63) is 86.4 Å². The predicted octanol–water partition coefficient (Wildman–Crippen LogP) is 3.71. The zero-order valence-electron chi connectivity index (χ0n) is 16.2. The molecule has 0 spiro atoms. The summed E-state index contributed by atoms with van der Waals surface area (Å²) >= 11 is 0. The number of H-pyrrole nitrogens is 1. The molecule has 2 heterocycles. The topological polar surface area (TPSA) is 80.6 Å². The summed E-state index contributed by atoms with van der Waals surface area (Å²) in [6.45, 7) is 5.68. The molecule has 0 aliphatic heterocycles. The molecule has 0 bridgehead atoms. The molecule has 0 aliphatic carbocycles. The van der Waals surface area contributed by atoms with Crippen molar-refractivity contribution in [3.8, 4) is 16.9 Å². The summed E-state index contributed by atoms with van der Waals surface area (Å²) < 4.78 is 15.7. The minimum atomic E-state index is -0.626. The van der Waals surface area contributed by atoms with E-state index in [1.165, 1.54) is 10.6 Å². The lowest BCUT2D eigenvalue weighted by atomic mass is 10.0. The van der Waals surface area contributed by atoms with Gasteiger partial charge in [0.05, 0.1) is 17.1 Å². The summed E-state index contributed by atoms with van der Waals surface area (Å²) in [6.07, 6.45) is 0. The van der Waals surface area contributed by atoms with E-state index in [2.05, 4.69) is 15.0 Å². The molecule has 2 aromatic heterocycles. The molecule has 0 saturated heterocycles. The first-order valence-electron chi connectivity index (χ1n) is 9.26. The molecular formula is C22H19FN4O2. The molecule has 29 heavy (non-hydrogen) atoms. The Morgan fingerprint density at radius 1 is 1.00 bits per heavy atom. The van der Waals surface area contributed by atoms with Crippen LogP contribution in [0.1, 0.15) is 31.0 Å². The highest BCUT2D eigenvalue weighted by molar-refractivity contribution is 5.76. The van der Waals surface area contributed by atoms with Gasteiger partial charge in [0.15, 0.2) is 11.2 Å². The molecule has 0 amide bonds. The molecule has 0 atom stereocenters. The summed E-state index contributed by atoms with van der Waals surface area (Å²) in [7, 11) is 0. The van der Waals surface area contributed by atoms with Gasteiger partial charge in [0, 0.05) is 5.56 Å². The van der Waals surface area contributed by atoms with Crippen molar-refractivity contribution in [1.82, 2.24) is 19.5 Å². The van der Waals surface area contributed by atoms with Gasteiger partial charge in [-0.3, -0.25) is 9.78 Å². The van der Waals surface area contributed by atoms with Gasteiger partial charge in [-0.2, -0.15) is 0 Å². The predicted molar refractivity (Wildman–Crippen MR) is 110 cm³/mol. The van der Waals surface area contributed by atoms with E-state index in [-0.39, 0.29) is 28.3 Å². The van der Waals surface area contributed by atoms with Gasteiger partial charge >= 0.3 is 5.69 Å². The number of aromatic nitrogens is 4. The van der Waals surface area contributed by atoms with Crippen molar-refractivity contribution in [3.63, 3.8) is 0 Å². The molecule has 0 saturated carbocycles. The van der Waals surface area contributed by atoms with Gasteiger partial charge in [0.25, 0.3) is 5.56 Å². The van der Waals surface area contributed by atoms with Crippen molar-refractivity contribution < 1.29 is 4.39 Å². The van der Waals surface area contributed by atoms with Crippen LogP contribution in [-0.4, -0.2) is 19.5 Å². The van der Waals surface area contributed by atoms with Crippen LogP contribution >= 0.6 is 0 Å². The zero-order chi connectivity index (χ0) is 20.7. The number of aryl methyl sites for hydroxylation is 1. The Balaban J connectivity index is 2.15. The van der Waals surface area contributed by atoms with Crippen LogP contribution in [0.25, 0.3) is 28.1 Å². The molecule has 4 rings (SSSR count). The van der Waals surface area contributed by atoms with E-state index in [1.54, 1.807) is 31.2 Å². The van der Waals surface area contributed by atoms with E-state index in [1.807, 2.05) is 32.0 Å². The van der Waals surface area contributed by atoms with Crippen molar-refractivity contribution in [2.45, 2.75) is 26.7 Å². The maximum Gasteiger partial charge on any atom is 0.334 e. The lowest BCUT2D eigenvalue weighted by Gasteiger charge is -2.16. The second kappa shape index (κ2) is 7.09. The van der Waals surface area contributed by atoms with Crippen molar-refractivity contribution in [1.29, 1.82) is 0 Å². The number of aromatic amines is 1. The molecule has 4 aromatic rings. The summed E-state index contributed by atoms with van der Waals surface area (Å²) in [5.41, 5.74) is 1.34. The first-order valence-corrected chi connectivity index (χ1v) is 9.26. The van der Waals surface area contributed by atoms with Crippen LogP contribution in [0.4, 0.5) is 4.39 Å². The number of fused-ring (bicyclic) bond motifs is 1. The minimum absolute atomic E-state index is 0.0285. The van der Waals surface area contributed by atoms with Crippen LogP contribution < -0.4 is 11.2 Å². The monoisotopic (exact) mass is 390 g/mol. The first kappa shape index (κ1) is 18.7. The molecule has 0 aliphatic rings. The van der Waals surface area contributed by atoms with Gasteiger partial charge in [-0.1, -0.05) is 44.2 Å². The second-order valence-corrected chi connectivity index (χ2v) is 7.12. The molecule has 0 unspecified atom stereocenters. The van der Waals surface area contributed by atoms with E-state index < -0.39 is 17.1 Å². The van der Waals surface area contributed by atoms with E-state index in [4.69, 9.17) is 0 Å². The molecule has 0 fully saturated rings. The third-order valence-corrected chi connectivity index (χ3v) is 4.83. The van der Waals surface area contributed by atoms with Gasteiger partial charge in [-0.05, 0) is 36.6 Å². The smallest absolute Gasteiger partial charge is 0.272 e. The average Bonchev–Trinajstić information content (AvgIpc) is 2.69. The number of hydrogen-bond donors (Lipinski definition) is 1. The fourth-order valence-corrected chi connectivity index (χ4v) is 3.44. The number of halogens is 1. The quantitative estimate of drug-likeness (QED) is 0.578. The maximum atomic E-state index is 14.4. The third kappa shape index (κ3) is 3.14. The number of para-hydroxylation sites is 1. The normalized spacial score (nSPS) is 11.3. The average molecular weight is 390 g/mol. The van der Waals surface area contributed by atoms with Crippen LogP contribution in [0.5, 0.6) is 0 Å². The molecule has 7 heteroatoms. The van der Waals surface area contributed by atoms with E-state index >= 15 is 0 Å². The number of rotatable bonds is 3. The Bertz CT molecular complexity index is 1360. The van der Waals surface area contributed by atoms with Crippen LogP contribution in [0.3, 0.4) is 0 Å². The molecule has 2 aromatic carbocycles. The standard InChI is InChI=1S/C22H19FN4O2/c1-12(2)14-8-5-7-11-17(14)27-20-19(21(28)26-22(27)29)24-13(3)18(25-20)15-9-4-6-10-16(15)23/h4-12H,1-3H3,(H,26,28,29). The van der Waals surface area contributed by atoms with Crippen molar-refractivity contribution in [2.75, 3.05) is 0 Å². The van der Waals surface area contributed by atoms with Crippen LogP contribution in [0.2, 0.25) is 0 Å². The van der Waals surface area contributed by atoms with Gasteiger partial charge in [0.2, 0.25) is 0 Å². The summed E-state index contributed by atoms with van der Waals surface area (Å²) in [6, 6.07) is 13.6. The fraction of sp³-hybridized carbons (Fsp3) is 0.182. The van der Waals surface area contributed by atoms with Gasteiger partial charge in [-0.15, -0.1) is 0 Å². The highest BCUT2D eigenvalue weighted by Crippen LogP contribution is 2.27. The number of hydrogen-bond acceptors (Lipinski definition) is 4. The summed E-state index contributed by atoms with van der Waals surface area (Å²) in [5.74, 6) is -0.324. The Kier molecular flexibility index (Phi) is 4.58.